The average Bonchev–Trinajstić information content (AvgIpc) is 3.36. The maximum absolute atomic E-state index is 12.9. The van der Waals surface area contributed by atoms with Crippen molar-refractivity contribution in [3.63, 3.8) is 0 Å². The first-order valence-electron chi connectivity index (χ1n) is 7.94. The zero-order chi connectivity index (χ0) is 18.5. The van der Waals surface area contributed by atoms with Gasteiger partial charge in [0.05, 0.1) is 5.69 Å². The number of halogens is 1. The lowest BCUT2D eigenvalue weighted by molar-refractivity contribution is 0.305. The van der Waals surface area contributed by atoms with Crippen LogP contribution in [0.2, 0.25) is 0 Å². The van der Waals surface area contributed by atoms with Gasteiger partial charge in [0.15, 0.2) is 0 Å². The van der Waals surface area contributed by atoms with E-state index in [-0.39, 0.29) is 5.82 Å². The van der Waals surface area contributed by atoms with Crippen molar-refractivity contribution >= 4 is 23.1 Å². The van der Waals surface area contributed by atoms with Gasteiger partial charge in [0.25, 0.3) is 5.22 Å². The molecule has 0 aliphatic rings. The third kappa shape index (κ3) is 4.69. The summed E-state index contributed by atoms with van der Waals surface area (Å²) in [7, 11) is 0. The topological polar surface area (TPSA) is 73.9 Å². The maximum atomic E-state index is 12.9. The number of benzene rings is 1. The van der Waals surface area contributed by atoms with E-state index >= 15 is 0 Å². The number of ether oxygens (including phenoxy) is 1. The highest BCUT2D eigenvalue weighted by molar-refractivity contribution is 7.98. The van der Waals surface area contributed by atoms with Gasteiger partial charge in [-0.1, -0.05) is 11.8 Å². The lowest BCUT2D eigenvalue weighted by Gasteiger charge is -2.03. The summed E-state index contributed by atoms with van der Waals surface area (Å²) in [4.78, 5) is 8.49. The molecule has 1 aromatic carbocycles. The Morgan fingerprint density at radius 3 is 2.70 bits per heavy atom. The second-order valence-electron chi connectivity index (χ2n) is 5.37. The summed E-state index contributed by atoms with van der Waals surface area (Å²) < 4.78 is 24.1. The Balaban J connectivity index is 1.31. The number of hydrogen-bond donors (Lipinski definition) is 0. The fourth-order valence-electron chi connectivity index (χ4n) is 2.17. The van der Waals surface area contributed by atoms with E-state index in [1.807, 2.05) is 17.5 Å². The van der Waals surface area contributed by atoms with Gasteiger partial charge in [-0.3, -0.25) is 4.98 Å². The van der Waals surface area contributed by atoms with E-state index in [1.54, 1.807) is 24.5 Å². The maximum Gasteiger partial charge on any atom is 0.277 e. The van der Waals surface area contributed by atoms with Crippen LogP contribution in [0, 0.1) is 5.82 Å². The van der Waals surface area contributed by atoms with Crippen LogP contribution in [0.15, 0.2) is 63.8 Å². The molecule has 0 N–H and O–H groups in total. The van der Waals surface area contributed by atoms with Gasteiger partial charge in [-0.15, -0.1) is 21.5 Å². The molecule has 0 aliphatic carbocycles. The predicted molar refractivity (Wildman–Crippen MR) is 99.9 cm³/mol. The van der Waals surface area contributed by atoms with Crippen LogP contribution in [-0.2, 0) is 12.4 Å². The minimum atomic E-state index is -0.288. The highest BCUT2D eigenvalue weighted by Gasteiger charge is 2.10. The van der Waals surface area contributed by atoms with Crippen molar-refractivity contribution < 1.29 is 13.5 Å². The van der Waals surface area contributed by atoms with Gasteiger partial charge in [-0.25, -0.2) is 9.37 Å². The van der Waals surface area contributed by atoms with E-state index in [1.165, 1.54) is 35.2 Å². The van der Waals surface area contributed by atoms with Gasteiger partial charge in [-0.2, -0.15) is 0 Å². The Morgan fingerprint density at radius 1 is 1.07 bits per heavy atom. The van der Waals surface area contributed by atoms with Gasteiger partial charge < -0.3 is 9.15 Å². The minimum absolute atomic E-state index is 0.288. The normalized spacial score (nSPS) is 10.9. The number of thioether (sulfide) groups is 1. The van der Waals surface area contributed by atoms with E-state index in [4.69, 9.17) is 9.15 Å². The molecule has 0 unspecified atom stereocenters. The lowest BCUT2D eigenvalue weighted by atomic mass is 10.3. The summed E-state index contributed by atoms with van der Waals surface area (Å²) in [5.41, 5.74) is 1.74. The second-order valence-corrected chi connectivity index (χ2v) is 7.24. The second kappa shape index (κ2) is 8.28. The standard InChI is InChI=1S/C18H13FN4O2S2/c19-13-1-3-15(4-2-13)24-9-16-21-14(10-26-16)11-27-18-23-22-17(25-18)12-5-7-20-8-6-12/h1-8,10H,9,11H2. The first-order chi connectivity index (χ1) is 13.3. The van der Waals surface area contributed by atoms with Crippen LogP contribution in [0.5, 0.6) is 5.75 Å². The Labute approximate surface area is 162 Å². The molecule has 4 rings (SSSR count). The average molecular weight is 400 g/mol. The van der Waals surface area contributed by atoms with E-state index in [9.17, 15) is 4.39 Å². The Kier molecular flexibility index (Phi) is 5.40. The molecule has 4 aromatic rings. The molecule has 3 aromatic heterocycles. The third-order valence-corrected chi connectivity index (χ3v) is 5.18. The molecule has 6 nitrogen and oxygen atoms in total. The van der Waals surface area contributed by atoms with Crippen LogP contribution in [0.25, 0.3) is 11.5 Å². The van der Waals surface area contributed by atoms with Gasteiger partial charge in [0.1, 0.15) is 23.2 Å². The molecular formula is C18H13FN4O2S2. The quantitative estimate of drug-likeness (QED) is 0.420. The van der Waals surface area contributed by atoms with Gasteiger partial charge >= 0.3 is 0 Å². The summed E-state index contributed by atoms with van der Waals surface area (Å²) in [5, 5.41) is 11.4. The predicted octanol–water partition coefficient (Wildman–Crippen LogP) is 4.60. The molecule has 27 heavy (non-hydrogen) atoms. The van der Waals surface area contributed by atoms with Crippen molar-refractivity contribution in [1.82, 2.24) is 20.2 Å². The number of thiazole rings is 1. The van der Waals surface area contributed by atoms with Crippen molar-refractivity contribution in [3.05, 3.63) is 70.7 Å². The first-order valence-corrected chi connectivity index (χ1v) is 9.81. The van der Waals surface area contributed by atoms with Crippen LogP contribution in [-0.4, -0.2) is 20.2 Å². The number of aromatic nitrogens is 4. The number of hydrogen-bond acceptors (Lipinski definition) is 8. The fourth-order valence-corrected chi connectivity index (χ4v) is 3.64. The zero-order valence-electron chi connectivity index (χ0n) is 13.9. The highest BCUT2D eigenvalue weighted by Crippen LogP contribution is 2.26. The molecule has 3 heterocycles. The number of pyridine rings is 1. The summed E-state index contributed by atoms with van der Waals surface area (Å²) in [6, 6.07) is 9.55. The van der Waals surface area contributed by atoms with Crippen LogP contribution >= 0.6 is 23.1 Å². The van der Waals surface area contributed by atoms with E-state index < -0.39 is 0 Å². The van der Waals surface area contributed by atoms with Crippen molar-refractivity contribution in [2.75, 3.05) is 0 Å². The van der Waals surface area contributed by atoms with Crippen molar-refractivity contribution in [2.24, 2.45) is 0 Å². The molecule has 9 heteroatoms. The van der Waals surface area contributed by atoms with Crippen LogP contribution in [0.4, 0.5) is 4.39 Å². The summed E-state index contributed by atoms with van der Waals surface area (Å²) in [6.45, 7) is 0.341. The molecule has 0 radical (unpaired) electrons. The highest BCUT2D eigenvalue weighted by atomic mass is 32.2. The summed E-state index contributed by atoms with van der Waals surface area (Å²) in [6.07, 6.45) is 3.36. The molecule has 0 atom stereocenters. The third-order valence-electron chi connectivity index (χ3n) is 3.45. The molecular weight excluding hydrogens is 387 g/mol. The van der Waals surface area contributed by atoms with Crippen LogP contribution in [0.1, 0.15) is 10.7 Å². The fraction of sp³-hybridized carbons (Fsp3) is 0.111. The summed E-state index contributed by atoms with van der Waals surface area (Å²) >= 11 is 2.94. The monoisotopic (exact) mass is 400 g/mol. The molecule has 0 saturated heterocycles. The summed E-state index contributed by atoms with van der Waals surface area (Å²) in [5.74, 6) is 1.40. The number of nitrogens with zero attached hydrogens (tertiary/aromatic N) is 4. The van der Waals surface area contributed by atoms with Crippen LogP contribution in [0.3, 0.4) is 0 Å². The van der Waals surface area contributed by atoms with Crippen molar-refractivity contribution in [3.8, 4) is 17.2 Å². The zero-order valence-corrected chi connectivity index (χ0v) is 15.5. The van der Waals surface area contributed by atoms with Gasteiger partial charge in [-0.05, 0) is 36.4 Å². The molecule has 136 valence electrons. The van der Waals surface area contributed by atoms with E-state index in [0.29, 0.717) is 29.2 Å². The Hall–Kier alpha value is -2.78. The molecule has 0 fully saturated rings. The molecule has 0 spiro atoms. The molecule has 0 saturated carbocycles. The first kappa shape index (κ1) is 17.6. The largest absolute Gasteiger partial charge is 0.486 e. The number of rotatable bonds is 7. The smallest absolute Gasteiger partial charge is 0.277 e. The lowest BCUT2D eigenvalue weighted by Crippen LogP contribution is -1.95. The minimum Gasteiger partial charge on any atom is -0.486 e. The van der Waals surface area contributed by atoms with E-state index in [0.717, 1.165) is 16.3 Å². The molecule has 0 aliphatic heterocycles. The Bertz CT molecular complexity index is 1010. The van der Waals surface area contributed by atoms with Crippen molar-refractivity contribution in [1.29, 1.82) is 0 Å². The van der Waals surface area contributed by atoms with Crippen LogP contribution < -0.4 is 4.74 Å². The van der Waals surface area contributed by atoms with Gasteiger partial charge in [0, 0.05) is 29.1 Å². The van der Waals surface area contributed by atoms with E-state index in [2.05, 4.69) is 20.2 Å². The molecule has 0 bridgehead atoms. The van der Waals surface area contributed by atoms with Gasteiger partial charge in [0.2, 0.25) is 5.89 Å². The SMILES string of the molecule is Fc1ccc(OCc2nc(CSc3nnc(-c4ccncc4)o3)cs2)cc1. The van der Waals surface area contributed by atoms with Crippen molar-refractivity contribution in [2.45, 2.75) is 17.6 Å². The molecule has 0 amide bonds. The Morgan fingerprint density at radius 2 is 1.89 bits per heavy atom.